The van der Waals surface area contributed by atoms with Crippen LogP contribution in [0.15, 0.2) is 16.1 Å². The second kappa shape index (κ2) is 4.59. The molecule has 0 saturated heterocycles. The summed E-state index contributed by atoms with van der Waals surface area (Å²) in [7, 11) is 0. The first-order valence-electron chi connectivity index (χ1n) is 4.61. The van der Waals surface area contributed by atoms with Crippen molar-refractivity contribution in [1.29, 1.82) is 0 Å². The maximum absolute atomic E-state index is 11.8. The third kappa shape index (κ3) is 2.34. The van der Waals surface area contributed by atoms with Crippen molar-refractivity contribution in [3.63, 3.8) is 0 Å². The fourth-order valence-electron chi connectivity index (χ4n) is 1.34. The van der Waals surface area contributed by atoms with Gasteiger partial charge in [-0.1, -0.05) is 5.16 Å². The fourth-order valence-corrected chi connectivity index (χ4v) is 1.34. The molecule has 1 rings (SSSR count). The predicted octanol–water partition coefficient (Wildman–Crippen LogP) is -0.139. The number of hydrogen-bond donors (Lipinski definition) is 2. The van der Waals surface area contributed by atoms with E-state index in [2.05, 4.69) is 10.1 Å². The normalized spacial score (nSPS) is 11.7. The highest BCUT2D eigenvalue weighted by atomic mass is 16.4. The van der Waals surface area contributed by atoms with Crippen LogP contribution >= 0.6 is 0 Å². The zero-order chi connectivity index (χ0) is 11.4. The molecule has 0 bridgehead atoms. The molecule has 0 unspecified atom stereocenters. The summed E-state index contributed by atoms with van der Waals surface area (Å²) >= 11 is 0. The molecule has 0 fully saturated rings. The number of aryl methyl sites for hydroxylation is 1. The summed E-state index contributed by atoms with van der Waals surface area (Å²) < 4.78 is 1.54. The summed E-state index contributed by atoms with van der Waals surface area (Å²) in [5.74, 6) is 0.658. The van der Waals surface area contributed by atoms with Gasteiger partial charge in [0.15, 0.2) is 0 Å². The number of oxime groups is 1. The van der Waals surface area contributed by atoms with Gasteiger partial charge >= 0.3 is 0 Å². The average Bonchev–Trinajstić information content (AvgIpc) is 2.23. The van der Waals surface area contributed by atoms with E-state index in [1.807, 2.05) is 6.92 Å². The minimum Gasteiger partial charge on any atom is -0.409 e. The number of rotatable bonds is 3. The molecule has 0 aliphatic heterocycles. The van der Waals surface area contributed by atoms with E-state index in [1.54, 1.807) is 11.5 Å². The van der Waals surface area contributed by atoms with E-state index in [1.165, 1.54) is 6.20 Å². The van der Waals surface area contributed by atoms with Crippen LogP contribution in [0.4, 0.5) is 0 Å². The summed E-state index contributed by atoms with van der Waals surface area (Å²) in [6.45, 7) is 4.18. The Morgan fingerprint density at radius 2 is 2.40 bits per heavy atom. The third-order valence-corrected chi connectivity index (χ3v) is 2.13. The van der Waals surface area contributed by atoms with Crippen LogP contribution < -0.4 is 11.3 Å². The van der Waals surface area contributed by atoms with Crippen molar-refractivity contribution in [1.82, 2.24) is 9.55 Å². The van der Waals surface area contributed by atoms with E-state index >= 15 is 0 Å². The molecule has 1 heterocycles. The first-order valence-corrected chi connectivity index (χ1v) is 4.61. The molecule has 0 radical (unpaired) electrons. The molecule has 6 nitrogen and oxygen atoms in total. The lowest BCUT2D eigenvalue weighted by atomic mass is 10.2. The van der Waals surface area contributed by atoms with Crippen molar-refractivity contribution in [2.24, 2.45) is 10.9 Å². The van der Waals surface area contributed by atoms with Gasteiger partial charge in [-0.2, -0.15) is 0 Å². The van der Waals surface area contributed by atoms with Gasteiger partial charge in [-0.3, -0.25) is 9.36 Å². The fraction of sp³-hybridized carbons (Fsp3) is 0.444. The second-order valence-corrected chi connectivity index (χ2v) is 3.15. The van der Waals surface area contributed by atoms with Crippen molar-refractivity contribution in [2.75, 3.05) is 0 Å². The highest BCUT2D eigenvalue weighted by Crippen LogP contribution is 1.95. The molecular formula is C9H14N4O2. The first kappa shape index (κ1) is 11.2. The second-order valence-electron chi connectivity index (χ2n) is 3.15. The summed E-state index contributed by atoms with van der Waals surface area (Å²) in [5.41, 5.74) is 5.61. The lowest BCUT2D eigenvalue weighted by molar-refractivity contribution is 0.317. The molecule has 3 N–H and O–H groups in total. The van der Waals surface area contributed by atoms with Crippen LogP contribution in [0.3, 0.4) is 0 Å². The van der Waals surface area contributed by atoms with Crippen LogP contribution in [0.1, 0.15) is 18.3 Å². The van der Waals surface area contributed by atoms with E-state index in [-0.39, 0.29) is 17.8 Å². The molecule has 1 aromatic rings. The minimum absolute atomic E-state index is 0.000376. The number of aromatic nitrogens is 2. The number of nitrogens with zero attached hydrogens (tertiary/aromatic N) is 3. The highest BCUT2D eigenvalue weighted by molar-refractivity contribution is 5.81. The van der Waals surface area contributed by atoms with Gasteiger partial charge in [0.25, 0.3) is 5.56 Å². The van der Waals surface area contributed by atoms with Gasteiger partial charge in [0.2, 0.25) is 0 Å². The lowest BCUT2D eigenvalue weighted by Gasteiger charge is -2.07. The van der Waals surface area contributed by atoms with Crippen LogP contribution in [0.2, 0.25) is 0 Å². The molecule has 0 aliphatic carbocycles. The van der Waals surface area contributed by atoms with Gasteiger partial charge < -0.3 is 10.9 Å². The first-order chi connectivity index (χ1) is 7.10. The van der Waals surface area contributed by atoms with Crippen molar-refractivity contribution < 1.29 is 5.21 Å². The Hall–Kier alpha value is -1.85. The van der Waals surface area contributed by atoms with Crippen LogP contribution in [-0.4, -0.2) is 20.6 Å². The van der Waals surface area contributed by atoms with Gasteiger partial charge in [0, 0.05) is 24.7 Å². The smallest absolute Gasteiger partial charge is 0.257 e. The summed E-state index contributed by atoms with van der Waals surface area (Å²) in [5, 5.41) is 11.2. The quantitative estimate of drug-likeness (QED) is 0.314. The van der Waals surface area contributed by atoms with Crippen molar-refractivity contribution in [3.05, 3.63) is 27.9 Å². The Morgan fingerprint density at radius 3 is 2.93 bits per heavy atom. The Labute approximate surface area is 87.1 Å². The topological polar surface area (TPSA) is 93.5 Å². The van der Waals surface area contributed by atoms with Gasteiger partial charge in [0.1, 0.15) is 11.7 Å². The molecule has 0 saturated carbocycles. The Kier molecular flexibility index (Phi) is 3.43. The van der Waals surface area contributed by atoms with E-state index in [9.17, 15) is 4.79 Å². The van der Waals surface area contributed by atoms with Gasteiger partial charge in [-0.25, -0.2) is 4.98 Å². The van der Waals surface area contributed by atoms with Gasteiger partial charge in [0.05, 0.1) is 0 Å². The largest absolute Gasteiger partial charge is 0.409 e. The molecule has 0 aromatic carbocycles. The van der Waals surface area contributed by atoms with E-state index < -0.39 is 0 Å². The molecule has 0 atom stereocenters. The maximum Gasteiger partial charge on any atom is 0.257 e. The lowest BCUT2D eigenvalue weighted by Crippen LogP contribution is -2.29. The minimum atomic E-state index is -0.142. The summed E-state index contributed by atoms with van der Waals surface area (Å²) in [4.78, 5) is 15.9. The van der Waals surface area contributed by atoms with Crippen LogP contribution in [0, 0.1) is 6.92 Å². The molecule has 6 heteroatoms. The van der Waals surface area contributed by atoms with Crippen LogP contribution in [-0.2, 0) is 13.0 Å². The molecule has 1 aromatic heterocycles. The summed E-state index contributed by atoms with van der Waals surface area (Å²) in [6, 6.07) is 0. The highest BCUT2D eigenvalue weighted by Gasteiger charge is 2.07. The van der Waals surface area contributed by atoms with Crippen LogP contribution in [0.5, 0.6) is 0 Å². The summed E-state index contributed by atoms with van der Waals surface area (Å²) in [6.07, 6.45) is 1.57. The van der Waals surface area contributed by atoms with E-state index in [0.717, 1.165) is 0 Å². The zero-order valence-corrected chi connectivity index (χ0v) is 8.77. The van der Waals surface area contributed by atoms with Gasteiger partial charge in [-0.05, 0) is 13.8 Å². The maximum atomic E-state index is 11.8. The Balaban J connectivity index is 3.17. The number of amidine groups is 1. The SMILES string of the molecule is CCn1c(C)ncc(C/C(N)=N/O)c1=O. The van der Waals surface area contributed by atoms with Crippen molar-refractivity contribution >= 4 is 5.84 Å². The van der Waals surface area contributed by atoms with Crippen LogP contribution in [0.25, 0.3) is 0 Å². The van der Waals surface area contributed by atoms with Crippen molar-refractivity contribution in [2.45, 2.75) is 26.8 Å². The molecule has 0 aliphatic rings. The molecule has 15 heavy (non-hydrogen) atoms. The van der Waals surface area contributed by atoms with E-state index in [0.29, 0.717) is 17.9 Å². The molecule has 0 amide bonds. The standard InChI is InChI=1S/C9H14N4O2/c1-3-13-6(2)11-5-7(9(13)14)4-8(10)12-15/h5,15H,3-4H2,1-2H3,(H2,10,12). The molecular weight excluding hydrogens is 196 g/mol. The Bertz CT molecular complexity index is 436. The number of hydrogen-bond acceptors (Lipinski definition) is 4. The predicted molar refractivity (Wildman–Crippen MR) is 56.0 cm³/mol. The zero-order valence-electron chi connectivity index (χ0n) is 8.77. The number of nitrogens with two attached hydrogens (primary N) is 1. The molecule has 82 valence electrons. The Morgan fingerprint density at radius 1 is 1.73 bits per heavy atom. The van der Waals surface area contributed by atoms with E-state index in [4.69, 9.17) is 10.9 Å². The molecule has 0 spiro atoms. The monoisotopic (exact) mass is 210 g/mol. The average molecular weight is 210 g/mol. The third-order valence-electron chi connectivity index (χ3n) is 2.13. The van der Waals surface area contributed by atoms with Crippen molar-refractivity contribution in [3.8, 4) is 0 Å². The van der Waals surface area contributed by atoms with Gasteiger partial charge in [-0.15, -0.1) is 0 Å².